The number of aliphatic imine (C=N–C) groups is 1. The Hall–Kier alpha value is -3.03. The molecule has 37 heavy (non-hydrogen) atoms. The number of nitrogens with zero attached hydrogens (tertiary/aromatic N) is 3. The van der Waals surface area contributed by atoms with Crippen molar-refractivity contribution in [2.45, 2.75) is 54.1 Å². The number of aryl methyl sites for hydroxylation is 1. The molecule has 0 radical (unpaired) electrons. The Kier molecular flexibility index (Phi) is 10.2. The van der Waals surface area contributed by atoms with Gasteiger partial charge in [0.1, 0.15) is 11.4 Å². The van der Waals surface area contributed by atoms with Gasteiger partial charge in [-0.1, -0.05) is 41.4 Å². The highest BCUT2D eigenvalue weighted by molar-refractivity contribution is 6.33. The van der Waals surface area contributed by atoms with Crippen molar-refractivity contribution in [1.29, 1.82) is 0 Å². The number of benzene rings is 2. The van der Waals surface area contributed by atoms with E-state index in [1.807, 2.05) is 6.07 Å². The summed E-state index contributed by atoms with van der Waals surface area (Å²) in [5.74, 6) is -0.753. The molecule has 2 rings (SSSR count). The van der Waals surface area contributed by atoms with Gasteiger partial charge in [-0.2, -0.15) is 5.10 Å². The average molecular weight is 548 g/mol. The molecule has 0 saturated carbocycles. The maximum atomic E-state index is 14.2. The van der Waals surface area contributed by atoms with E-state index in [1.165, 1.54) is 26.8 Å². The number of allylic oxidation sites excluding steroid dienone is 1. The van der Waals surface area contributed by atoms with Gasteiger partial charge >= 0.3 is 0 Å². The van der Waals surface area contributed by atoms with Crippen LogP contribution in [-0.4, -0.2) is 47.4 Å². The number of carbonyl (C=O) groups is 2. The molecular formula is C28H33Cl2FN4O2. The van der Waals surface area contributed by atoms with E-state index in [0.717, 1.165) is 0 Å². The van der Waals surface area contributed by atoms with Crippen LogP contribution >= 0.6 is 23.2 Å². The summed E-state index contributed by atoms with van der Waals surface area (Å²) < 4.78 is 14.2. The molecule has 0 aliphatic rings. The van der Waals surface area contributed by atoms with Gasteiger partial charge in [0.05, 0.1) is 17.9 Å². The Bertz CT molecular complexity index is 1290. The highest BCUT2D eigenvalue weighted by Crippen LogP contribution is 2.30. The monoisotopic (exact) mass is 546 g/mol. The summed E-state index contributed by atoms with van der Waals surface area (Å²) in [6.45, 7) is 11.4. The molecule has 2 aromatic rings. The lowest BCUT2D eigenvalue weighted by atomic mass is 10.0. The van der Waals surface area contributed by atoms with Crippen LogP contribution in [0.3, 0.4) is 0 Å². The van der Waals surface area contributed by atoms with E-state index < -0.39 is 11.6 Å². The molecule has 2 aromatic carbocycles. The third-order valence-electron chi connectivity index (χ3n) is 5.71. The van der Waals surface area contributed by atoms with Gasteiger partial charge in [-0.05, 0) is 83.4 Å². The molecule has 198 valence electrons. The number of carbonyl (C=O) groups excluding carboxylic acids is 2. The van der Waals surface area contributed by atoms with Gasteiger partial charge in [0, 0.05) is 28.4 Å². The molecular weight excluding hydrogens is 514 g/mol. The number of alkyl halides is 1. The normalized spacial score (nSPS) is 13.3. The first-order valence-corrected chi connectivity index (χ1v) is 12.5. The van der Waals surface area contributed by atoms with Crippen molar-refractivity contribution in [3.8, 4) is 0 Å². The number of nitrogens with one attached hydrogen (secondary N) is 1. The standard InChI is InChI=1S/C28H33Cl2FN4O2/c1-16-13-21(29)14-23(19(4)36)25(16)33-27(37)26(18(3)22-11-9-10-12-24(22)30)32-17(2)15-35(8)34-20(5)28(6,7)31/h9-14H,15H2,1-8H3,(H,33,37)/b26-18+,32-17+,34-20+. The summed E-state index contributed by atoms with van der Waals surface area (Å²) in [7, 11) is 1.70. The van der Waals surface area contributed by atoms with Crippen LogP contribution in [0, 0.1) is 6.92 Å². The van der Waals surface area contributed by atoms with Gasteiger partial charge in [0.25, 0.3) is 5.91 Å². The van der Waals surface area contributed by atoms with Crippen molar-refractivity contribution in [2.75, 3.05) is 18.9 Å². The predicted octanol–water partition coefficient (Wildman–Crippen LogP) is 7.39. The van der Waals surface area contributed by atoms with Crippen molar-refractivity contribution < 1.29 is 14.0 Å². The second kappa shape index (κ2) is 12.5. The fraction of sp³-hybridized carbons (Fsp3) is 0.357. The smallest absolute Gasteiger partial charge is 0.274 e. The van der Waals surface area contributed by atoms with Gasteiger partial charge in [-0.15, -0.1) is 0 Å². The van der Waals surface area contributed by atoms with Crippen molar-refractivity contribution in [3.63, 3.8) is 0 Å². The second-order valence-electron chi connectivity index (χ2n) is 9.43. The van der Waals surface area contributed by atoms with Crippen LogP contribution in [0.25, 0.3) is 5.57 Å². The number of hydrogen-bond donors (Lipinski definition) is 1. The molecule has 1 amide bonds. The largest absolute Gasteiger partial charge is 0.320 e. The lowest BCUT2D eigenvalue weighted by molar-refractivity contribution is -0.112. The van der Waals surface area contributed by atoms with Crippen LogP contribution in [0.2, 0.25) is 10.0 Å². The number of Topliss-reactive ketones (excluding diaryl/α,β-unsaturated/α-hetero) is 1. The number of rotatable bonds is 9. The van der Waals surface area contributed by atoms with Crippen LogP contribution in [0.1, 0.15) is 63.0 Å². The lowest BCUT2D eigenvalue weighted by Crippen LogP contribution is -2.28. The second-order valence-corrected chi connectivity index (χ2v) is 10.3. The van der Waals surface area contributed by atoms with Crippen LogP contribution in [0.4, 0.5) is 10.1 Å². The Balaban J connectivity index is 2.57. The first kappa shape index (κ1) is 30.2. The zero-order valence-corrected chi connectivity index (χ0v) is 24.0. The topological polar surface area (TPSA) is 74.1 Å². The SMILES string of the molecule is CC(=O)c1cc(Cl)cc(C)c1NC(=O)C(/N=C(\C)CN(C)/N=C(\C)C(C)(C)F)=C(/C)c1ccccc1Cl. The minimum absolute atomic E-state index is 0.120. The van der Waals surface area contributed by atoms with E-state index in [-0.39, 0.29) is 18.0 Å². The average Bonchev–Trinajstić information content (AvgIpc) is 2.77. The van der Waals surface area contributed by atoms with Crippen LogP contribution < -0.4 is 5.32 Å². The maximum absolute atomic E-state index is 14.2. The first-order chi connectivity index (χ1) is 17.1. The van der Waals surface area contributed by atoms with Gasteiger partial charge in [0.2, 0.25) is 0 Å². The Morgan fingerprint density at radius 3 is 2.24 bits per heavy atom. The molecule has 1 N–H and O–H groups in total. The van der Waals surface area contributed by atoms with E-state index >= 15 is 0 Å². The highest BCUT2D eigenvalue weighted by Gasteiger charge is 2.22. The minimum atomic E-state index is -1.56. The summed E-state index contributed by atoms with van der Waals surface area (Å²) in [5, 5.41) is 9.56. The number of hydrazone groups is 1. The van der Waals surface area contributed by atoms with Gasteiger partial charge in [-0.25, -0.2) is 4.39 Å². The molecule has 0 heterocycles. The molecule has 0 aromatic heterocycles. The van der Waals surface area contributed by atoms with Crippen molar-refractivity contribution in [1.82, 2.24) is 5.01 Å². The fourth-order valence-electron chi connectivity index (χ4n) is 3.52. The maximum Gasteiger partial charge on any atom is 0.274 e. The molecule has 0 aliphatic heterocycles. The zero-order valence-electron chi connectivity index (χ0n) is 22.5. The van der Waals surface area contributed by atoms with Crippen molar-refractivity contribution in [2.24, 2.45) is 10.1 Å². The van der Waals surface area contributed by atoms with Crippen LogP contribution in [0.15, 0.2) is 52.2 Å². The van der Waals surface area contributed by atoms with Crippen molar-refractivity contribution >= 4 is 57.6 Å². The zero-order chi connectivity index (χ0) is 28.1. The van der Waals surface area contributed by atoms with Crippen LogP contribution in [-0.2, 0) is 4.79 Å². The first-order valence-electron chi connectivity index (χ1n) is 11.7. The molecule has 0 saturated heterocycles. The van der Waals surface area contributed by atoms with Crippen LogP contribution in [0.5, 0.6) is 0 Å². The third kappa shape index (κ3) is 8.23. The van der Waals surface area contributed by atoms with Gasteiger partial charge in [0.15, 0.2) is 5.78 Å². The third-order valence-corrected chi connectivity index (χ3v) is 6.26. The van der Waals surface area contributed by atoms with E-state index in [9.17, 15) is 14.0 Å². The number of halogens is 3. The lowest BCUT2D eigenvalue weighted by Gasteiger charge is -2.20. The molecule has 0 spiro atoms. The van der Waals surface area contributed by atoms with Gasteiger partial charge in [-0.3, -0.25) is 19.6 Å². The van der Waals surface area contributed by atoms with Crippen molar-refractivity contribution in [3.05, 3.63) is 68.8 Å². The van der Waals surface area contributed by atoms with E-state index in [1.54, 1.807) is 64.0 Å². The summed E-state index contributed by atoms with van der Waals surface area (Å²) in [4.78, 5) is 30.5. The number of ketones is 1. The Morgan fingerprint density at radius 2 is 1.68 bits per heavy atom. The number of amides is 1. The summed E-state index contributed by atoms with van der Waals surface area (Å²) in [6, 6.07) is 10.3. The minimum Gasteiger partial charge on any atom is -0.320 e. The van der Waals surface area contributed by atoms with E-state index in [2.05, 4.69) is 15.4 Å². The Morgan fingerprint density at radius 1 is 1.05 bits per heavy atom. The summed E-state index contributed by atoms with van der Waals surface area (Å²) >= 11 is 12.6. The van der Waals surface area contributed by atoms with E-state index in [4.69, 9.17) is 23.2 Å². The quantitative estimate of drug-likeness (QED) is 0.154. The summed E-state index contributed by atoms with van der Waals surface area (Å²) in [6.07, 6.45) is 0. The molecule has 6 nitrogen and oxygen atoms in total. The van der Waals surface area contributed by atoms with E-state index in [0.29, 0.717) is 49.4 Å². The molecule has 9 heteroatoms. The molecule has 0 aliphatic carbocycles. The molecule has 0 unspecified atom stereocenters. The highest BCUT2D eigenvalue weighted by atomic mass is 35.5. The predicted molar refractivity (Wildman–Crippen MR) is 153 cm³/mol. The molecule has 0 fully saturated rings. The molecule has 0 bridgehead atoms. The van der Waals surface area contributed by atoms with Gasteiger partial charge < -0.3 is 5.32 Å². The number of anilines is 1. The number of hydrogen-bond acceptors (Lipinski definition) is 5. The summed E-state index contributed by atoms with van der Waals surface area (Å²) in [5.41, 5.74) is 1.93. The Labute approximate surface area is 228 Å². The molecule has 0 atom stereocenters. The fourth-order valence-corrected chi connectivity index (χ4v) is 4.08.